The minimum atomic E-state index is 0.111. The first kappa shape index (κ1) is 17.6. The average molecular weight is 376 g/mol. The van der Waals surface area contributed by atoms with Crippen molar-refractivity contribution in [2.45, 2.75) is 18.9 Å². The molecule has 0 bridgehead atoms. The molecule has 0 aliphatic rings. The lowest BCUT2D eigenvalue weighted by molar-refractivity contribution is 0.102. The molecule has 4 aromatic rings. The van der Waals surface area contributed by atoms with Crippen LogP contribution in [0.4, 0.5) is 0 Å². The van der Waals surface area contributed by atoms with Crippen molar-refractivity contribution in [3.05, 3.63) is 65.4 Å². The summed E-state index contributed by atoms with van der Waals surface area (Å²) in [6.07, 6.45) is 0. The number of ether oxygens (including phenoxy) is 1. The lowest BCUT2D eigenvalue weighted by atomic mass is 10.1. The summed E-state index contributed by atoms with van der Waals surface area (Å²) >= 11 is 1.47. The maximum Gasteiger partial charge on any atom is 0.175 e. The Bertz CT molecular complexity index is 1160. The lowest BCUT2D eigenvalue weighted by Gasteiger charge is -2.08. The van der Waals surface area contributed by atoms with E-state index in [1.807, 2.05) is 55.5 Å². The number of methoxy groups -OCH3 is 1. The molecule has 1 N–H and O–H groups in total. The largest absolute Gasteiger partial charge is 0.497 e. The van der Waals surface area contributed by atoms with E-state index in [4.69, 9.17) is 9.72 Å². The zero-order valence-corrected chi connectivity index (χ0v) is 16.3. The fraction of sp³-hybridized carbons (Fsp3) is 0.182. The molecule has 0 spiro atoms. The highest BCUT2D eigenvalue weighted by atomic mass is 32.2. The highest BCUT2D eigenvalue weighted by molar-refractivity contribution is 7.99. The van der Waals surface area contributed by atoms with Gasteiger partial charge in [-0.3, -0.25) is 4.79 Å². The minimum absolute atomic E-state index is 0.111. The van der Waals surface area contributed by atoms with Crippen LogP contribution in [0.3, 0.4) is 0 Å². The number of nitrogens with zero attached hydrogens (tertiary/aromatic N) is 1. The van der Waals surface area contributed by atoms with E-state index in [2.05, 4.69) is 11.9 Å². The van der Waals surface area contributed by atoms with Gasteiger partial charge in [-0.05, 0) is 43.7 Å². The number of H-pyrrole nitrogens is 1. The second-order valence-electron chi connectivity index (χ2n) is 6.54. The number of nitrogens with one attached hydrogen (secondary N) is 1. The van der Waals surface area contributed by atoms with Gasteiger partial charge in [0, 0.05) is 33.6 Å². The molecule has 5 heteroatoms. The van der Waals surface area contributed by atoms with Crippen molar-refractivity contribution in [1.82, 2.24) is 9.97 Å². The zero-order chi connectivity index (χ0) is 19.0. The third-order valence-corrected chi connectivity index (χ3v) is 5.64. The summed E-state index contributed by atoms with van der Waals surface area (Å²) in [4.78, 5) is 20.9. The van der Waals surface area contributed by atoms with Gasteiger partial charge in [0.25, 0.3) is 0 Å². The molecule has 0 aliphatic heterocycles. The van der Waals surface area contributed by atoms with Crippen LogP contribution in [0.15, 0.2) is 53.6 Å². The molecule has 27 heavy (non-hydrogen) atoms. The Morgan fingerprint density at radius 3 is 2.74 bits per heavy atom. The van der Waals surface area contributed by atoms with Gasteiger partial charge in [0.1, 0.15) is 5.75 Å². The fourth-order valence-corrected chi connectivity index (χ4v) is 4.25. The first-order valence-electron chi connectivity index (χ1n) is 8.75. The third-order valence-electron chi connectivity index (χ3n) is 4.72. The number of aryl methyl sites for hydroxylation is 2. The zero-order valence-electron chi connectivity index (χ0n) is 15.5. The summed E-state index contributed by atoms with van der Waals surface area (Å²) in [7, 11) is 1.65. The predicted octanol–water partition coefficient (Wildman–Crippen LogP) is 5.32. The number of pyridine rings is 1. The van der Waals surface area contributed by atoms with Crippen molar-refractivity contribution < 1.29 is 9.53 Å². The summed E-state index contributed by atoms with van der Waals surface area (Å²) < 4.78 is 5.30. The van der Waals surface area contributed by atoms with Crippen LogP contribution in [-0.2, 0) is 0 Å². The second kappa shape index (κ2) is 7.08. The van der Waals surface area contributed by atoms with Gasteiger partial charge in [-0.2, -0.15) is 0 Å². The van der Waals surface area contributed by atoms with Crippen LogP contribution in [0.1, 0.15) is 21.6 Å². The van der Waals surface area contributed by atoms with Crippen LogP contribution >= 0.6 is 11.8 Å². The molecule has 0 saturated heterocycles. The van der Waals surface area contributed by atoms with Crippen LogP contribution < -0.4 is 4.74 Å². The van der Waals surface area contributed by atoms with Gasteiger partial charge in [-0.25, -0.2) is 4.98 Å². The molecule has 0 fully saturated rings. The van der Waals surface area contributed by atoms with Gasteiger partial charge in [0.2, 0.25) is 0 Å². The van der Waals surface area contributed by atoms with Crippen molar-refractivity contribution in [2.75, 3.05) is 12.9 Å². The van der Waals surface area contributed by atoms with E-state index in [1.165, 1.54) is 11.8 Å². The second-order valence-corrected chi connectivity index (χ2v) is 7.54. The first-order valence-corrected chi connectivity index (χ1v) is 9.74. The Morgan fingerprint density at radius 2 is 1.93 bits per heavy atom. The van der Waals surface area contributed by atoms with Gasteiger partial charge in [-0.1, -0.05) is 30.0 Å². The molecule has 4 nitrogen and oxygen atoms in total. The quantitative estimate of drug-likeness (QED) is 0.378. The molecular weight excluding hydrogens is 356 g/mol. The number of Topliss-reactive ketones (excluding diaryl/α,β-unsaturated/α-hetero) is 1. The number of para-hydroxylation sites is 1. The first-order chi connectivity index (χ1) is 13.1. The van der Waals surface area contributed by atoms with E-state index in [9.17, 15) is 4.79 Å². The fourth-order valence-electron chi connectivity index (χ4n) is 3.40. The number of carbonyl (C=O) groups is 1. The van der Waals surface area contributed by atoms with E-state index < -0.39 is 0 Å². The molecule has 136 valence electrons. The molecular formula is C22H20N2O2S. The molecule has 0 aliphatic carbocycles. The van der Waals surface area contributed by atoms with Crippen molar-refractivity contribution in [2.24, 2.45) is 0 Å². The number of rotatable bonds is 5. The number of hydrogen-bond donors (Lipinski definition) is 1. The van der Waals surface area contributed by atoms with Crippen molar-refractivity contribution in [3.63, 3.8) is 0 Å². The lowest BCUT2D eigenvalue weighted by Crippen LogP contribution is -2.04. The van der Waals surface area contributed by atoms with Gasteiger partial charge in [0.15, 0.2) is 5.78 Å². The molecule has 0 saturated carbocycles. The molecule has 4 rings (SSSR count). The van der Waals surface area contributed by atoms with E-state index in [0.717, 1.165) is 49.4 Å². The van der Waals surface area contributed by atoms with Crippen molar-refractivity contribution >= 4 is 39.4 Å². The number of aromatic nitrogens is 2. The number of benzene rings is 2. The van der Waals surface area contributed by atoms with Gasteiger partial charge >= 0.3 is 0 Å². The standard InChI is InChI=1S/C22H20N2O2S/c1-13-10-21(24-19-11-15(26-3)8-9-16(13)19)27-12-20(25)22-14(2)23-18-7-5-4-6-17(18)22/h4-11,23H,12H2,1-3H3. The van der Waals surface area contributed by atoms with Gasteiger partial charge in [-0.15, -0.1) is 0 Å². The third kappa shape index (κ3) is 3.30. The van der Waals surface area contributed by atoms with Crippen molar-refractivity contribution in [3.8, 4) is 5.75 Å². The van der Waals surface area contributed by atoms with Crippen LogP contribution in [0, 0.1) is 13.8 Å². The van der Waals surface area contributed by atoms with Crippen LogP contribution in [0.2, 0.25) is 0 Å². The Labute approximate surface area is 162 Å². The van der Waals surface area contributed by atoms with Crippen LogP contribution in [-0.4, -0.2) is 28.6 Å². The van der Waals surface area contributed by atoms with Crippen molar-refractivity contribution in [1.29, 1.82) is 0 Å². The molecule has 0 atom stereocenters. The SMILES string of the molecule is COc1ccc2c(C)cc(SCC(=O)c3c(C)[nH]c4ccccc34)nc2c1. The Balaban J connectivity index is 1.61. The van der Waals surface area contributed by atoms with Gasteiger partial charge < -0.3 is 9.72 Å². The van der Waals surface area contributed by atoms with E-state index in [0.29, 0.717) is 5.75 Å². The maximum absolute atomic E-state index is 12.9. The Morgan fingerprint density at radius 1 is 1.11 bits per heavy atom. The molecule has 0 radical (unpaired) electrons. The number of fused-ring (bicyclic) bond motifs is 2. The summed E-state index contributed by atoms with van der Waals surface area (Å²) in [5, 5.41) is 2.92. The highest BCUT2D eigenvalue weighted by Gasteiger charge is 2.16. The Hall–Kier alpha value is -2.79. The number of thioether (sulfide) groups is 1. The number of ketones is 1. The highest BCUT2D eigenvalue weighted by Crippen LogP contribution is 2.28. The summed E-state index contributed by atoms with van der Waals surface area (Å²) in [5.74, 6) is 1.24. The normalized spacial score (nSPS) is 11.2. The molecule has 2 heterocycles. The topological polar surface area (TPSA) is 55.0 Å². The summed E-state index contributed by atoms with van der Waals surface area (Å²) in [5.41, 5.74) is 4.70. The molecule has 0 unspecified atom stereocenters. The monoisotopic (exact) mass is 376 g/mol. The van der Waals surface area contributed by atoms with Gasteiger partial charge in [0.05, 0.1) is 23.4 Å². The predicted molar refractivity (Wildman–Crippen MR) is 111 cm³/mol. The molecule has 2 aromatic heterocycles. The number of aromatic amines is 1. The minimum Gasteiger partial charge on any atom is -0.497 e. The summed E-state index contributed by atoms with van der Waals surface area (Å²) in [6, 6.07) is 15.8. The maximum atomic E-state index is 12.9. The Kier molecular flexibility index (Phi) is 4.62. The molecule has 2 aromatic carbocycles. The summed E-state index contributed by atoms with van der Waals surface area (Å²) in [6.45, 7) is 4.01. The number of carbonyl (C=O) groups excluding carboxylic acids is 1. The smallest absolute Gasteiger partial charge is 0.175 e. The molecule has 0 amide bonds. The van der Waals surface area contributed by atoms with E-state index in [-0.39, 0.29) is 5.78 Å². The van der Waals surface area contributed by atoms with E-state index in [1.54, 1.807) is 7.11 Å². The number of hydrogen-bond acceptors (Lipinski definition) is 4. The van der Waals surface area contributed by atoms with E-state index >= 15 is 0 Å². The average Bonchev–Trinajstić information content (AvgIpc) is 3.01. The van der Waals surface area contributed by atoms with Crippen LogP contribution in [0.5, 0.6) is 5.75 Å². The van der Waals surface area contributed by atoms with Crippen LogP contribution in [0.25, 0.3) is 21.8 Å².